The van der Waals surface area contributed by atoms with Gasteiger partial charge in [0.1, 0.15) is 9.84 Å². The molecule has 4 rings (SSSR count). The van der Waals surface area contributed by atoms with Crippen LogP contribution in [-0.4, -0.2) is 65.0 Å². The van der Waals surface area contributed by atoms with E-state index >= 15 is 0 Å². The second-order valence-electron chi connectivity index (χ2n) is 8.75. The first kappa shape index (κ1) is 24.9. The fourth-order valence-corrected chi connectivity index (χ4v) is 4.92. The lowest BCUT2D eigenvalue weighted by Crippen LogP contribution is -2.30. The molecule has 10 nitrogen and oxygen atoms in total. The van der Waals surface area contributed by atoms with Crippen LogP contribution in [0.2, 0.25) is 0 Å². The van der Waals surface area contributed by atoms with Crippen LogP contribution in [0.3, 0.4) is 0 Å². The van der Waals surface area contributed by atoms with E-state index in [1.807, 2.05) is 35.7 Å². The minimum Gasteiger partial charge on any atom is -0.490 e. The molecule has 0 radical (unpaired) electrons. The number of pyridine rings is 1. The molecule has 1 aliphatic rings. The van der Waals surface area contributed by atoms with E-state index in [2.05, 4.69) is 15.3 Å². The number of anilines is 1. The van der Waals surface area contributed by atoms with Crippen molar-refractivity contribution in [1.82, 2.24) is 19.4 Å². The van der Waals surface area contributed by atoms with Crippen LogP contribution in [0.25, 0.3) is 17.0 Å². The van der Waals surface area contributed by atoms with Gasteiger partial charge in [-0.2, -0.15) is 0 Å². The first-order chi connectivity index (χ1) is 16.8. The highest BCUT2D eigenvalue weighted by atomic mass is 32.2. The lowest BCUT2D eigenvalue weighted by Gasteiger charge is -2.27. The third-order valence-corrected chi connectivity index (χ3v) is 7.05. The fraction of sp³-hybridized carbons (Fsp3) is 0.500. The van der Waals surface area contributed by atoms with Crippen molar-refractivity contribution in [2.45, 2.75) is 45.1 Å². The number of sulfone groups is 1. The van der Waals surface area contributed by atoms with Gasteiger partial charge >= 0.3 is 5.97 Å². The number of imidazole rings is 1. The SMILES string of the molecule is CCOC(=O)C1CCC(Nc2nccc(-c3cnc4c(OCCCS(C)(=O)=O)cccn34)n2)CC1. The number of aromatic nitrogens is 4. The Balaban J connectivity index is 1.42. The van der Waals surface area contributed by atoms with Gasteiger partial charge in [-0.05, 0) is 57.2 Å². The number of rotatable bonds is 10. The van der Waals surface area contributed by atoms with Gasteiger partial charge in [0, 0.05) is 24.7 Å². The maximum atomic E-state index is 12.0. The zero-order valence-electron chi connectivity index (χ0n) is 20.0. The monoisotopic (exact) mass is 501 g/mol. The van der Waals surface area contributed by atoms with E-state index in [-0.39, 0.29) is 30.3 Å². The molecule has 3 aromatic heterocycles. The molecule has 0 aliphatic heterocycles. The van der Waals surface area contributed by atoms with Crippen molar-refractivity contribution in [3.05, 3.63) is 36.8 Å². The molecule has 1 saturated carbocycles. The number of esters is 1. The molecule has 0 atom stereocenters. The molecule has 0 amide bonds. The van der Waals surface area contributed by atoms with E-state index in [0.29, 0.717) is 36.1 Å². The van der Waals surface area contributed by atoms with Gasteiger partial charge in [-0.25, -0.2) is 23.4 Å². The lowest BCUT2D eigenvalue weighted by molar-refractivity contribution is -0.149. The number of nitrogens with one attached hydrogen (secondary N) is 1. The van der Waals surface area contributed by atoms with Crippen LogP contribution in [0.1, 0.15) is 39.0 Å². The minimum atomic E-state index is -3.02. The molecule has 0 aromatic carbocycles. The Morgan fingerprint density at radius 2 is 2.00 bits per heavy atom. The molecule has 35 heavy (non-hydrogen) atoms. The zero-order valence-corrected chi connectivity index (χ0v) is 20.8. The molecule has 1 fully saturated rings. The molecule has 11 heteroatoms. The average Bonchev–Trinajstić information content (AvgIpc) is 3.27. The van der Waals surface area contributed by atoms with Crippen LogP contribution in [0.5, 0.6) is 5.75 Å². The van der Waals surface area contributed by atoms with Crippen LogP contribution in [-0.2, 0) is 19.4 Å². The summed E-state index contributed by atoms with van der Waals surface area (Å²) in [5.41, 5.74) is 2.13. The van der Waals surface area contributed by atoms with Crippen molar-refractivity contribution in [3.8, 4) is 17.1 Å². The molecular weight excluding hydrogens is 470 g/mol. The van der Waals surface area contributed by atoms with E-state index in [1.54, 1.807) is 12.4 Å². The fourth-order valence-electron chi connectivity index (χ4n) is 4.28. The highest BCUT2D eigenvalue weighted by molar-refractivity contribution is 7.90. The molecular formula is C24H31N5O5S. The number of fused-ring (bicyclic) bond motifs is 1. The van der Waals surface area contributed by atoms with Gasteiger partial charge in [0.25, 0.3) is 0 Å². The molecule has 0 bridgehead atoms. The van der Waals surface area contributed by atoms with Crippen molar-refractivity contribution in [1.29, 1.82) is 0 Å². The van der Waals surface area contributed by atoms with Crippen molar-refractivity contribution < 1.29 is 22.7 Å². The number of hydrogen-bond acceptors (Lipinski definition) is 9. The number of ether oxygens (including phenoxy) is 2. The largest absolute Gasteiger partial charge is 0.490 e. The molecule has 0 saturated heterocycles. The Morgan fingerprint density at radius 1 is 1.20 bits per heavy atom. The average molecular weight is 502 g/mol. The second kappa shape index (κ2) is 11.0. The van der Waals surface area contributed by atoms with Crippen molar-refractivity contribution >= 4 is 27.4 Å². The quantitative estimate of drug-likeness (QED) is 0.329. The molecule has 0 spiro atoms. The summed E-state index contributed by atoms with van der Waals surface area (Å²) in [6.45, 7) is 2.53. The standard InChI is InChI=1S/C24H31N5O5S/c1-3-33-23(30)17-7-9-18(10-8-17)27-24-25-12-11-19(28-24)20-16-26-22-21(6-4-13-29(20)22)34-14-5-15-35(2,31)32/h4,6,11-13,16-18H,3,5,7-10,14-15H2,1-2H3,(H,25,27,28). The normalized spacial score (nSPS) is 18.3. The minimum absolute atomic E-state index is 0.0267. The summed E-state index contributed by atoms with van der Waals surface area (Å²) < 4.78 is 35.5. The third-order valence-electron chi connectivity index (χ3n) is 6.02. The van der Waals surface area contributed by atoms with Crippen molar-refractivity contribution in [3.63, 3.8) is 0 Å². The van der Waals surface area contributed by atoms with Crippen LogP contribution >= 0.6 is 0 Å². The van der Waals surface area contributed by atoms with Crippen LogP contribution < -0.4 is 10.1 Å². The number of carbonyl (C=O) groups excluding carboxylic acids is 1. The van der Waals surface area contributed by atoms with Crippen molar-refractivity contribution in [2.24, 2.45) is 5.92 Å². The summed E-state index contributed by atoms with van der Waals surface area (Å²) in [4.78, 5) is 25.5. The predicted octanol–water partition coefficient (Wildman–Crippen LogP) is 3.14. The highest BCUT2D eigenvalue weighted by Crippen LogP contribution is 2.28. The zero-order chi connectivity index (χ0) is 24.8. The maximum Gasteiger partial charge on any atom is 0.308 e. The summed E-state index contributed by atoms with van der Waals surface area (Å²) in [6, 6.07) is 5.69. The molecule has 0 unspecified atom stereocenters. The second-order valence-corrected chi connectivity index (χ2v) is 11.0. The lowest BCUT2D eigenvalue weighted by atomic mass is 9.86. The third kappa shape index (κ3) is 6.47. The summed E-state index contributed by atoms with van der Waals surface area (Å²) in [7, 11) is -3.02. The maximum absolute atomic E-state index is 12.0. The molecule has 1 N–H and O–H groups in total. The van der Waals surface area contributed by atoms with Crippen LogP contribution in [0, 0.1) is 5.92 Å². The van der Waals surface area contributed by atoms with Gasteiger partial charge in [-0.1, -0.05) is 0 Å². The topological polar surface area (TPSA) is 125 Å². The highest BCUT2D eigenvalue weighted by Gasteiger charge is 2.27. The smallest absolute Gasteiger partial charge is 0.308 e. The van der Waals surface area contributed by atoms with E-state index in [9.17, 15) is 13.2 Å². The first-order valence-corrected chi connectivity index (χ1v) is 13.9. The van der Waals surface area contributed by atoms with E-state index in [1.165, 1.54) is 6.26 Å². The van der Waals surface area contributed by atoms with Gasteiger partial charge in [-0.3, -0.25) is 9.20 Å². The Bertz CT molecular complexity index is 1270. The summed E-state index contributed by atoms with van der Waals surface area (Å²) in [5, 5.41) is 3.40. The molecule has 3 heterocycles. The summed E-state index contributed by atoms with van der Waals surface area (Å²) in [5.74, 6) is 1.07. The predicted molar refractivity (Wildman–Crippen MR) is 132 cm³/mol. The van der Waals surface area contributed by atoms with E-state index in [4.69, 9.17) is 14.5 Å². The van der Waals surface area contributed by atoms with Crippen LogP contribution in [0.15, 0.2) is 36.8 Å². The van der Waals surface area contributed by atoms with E-state index < -0.39 is 9.84 Å². The molecule has 1 aliphatic carbocycles. The Kier molecular flexibility index (Phi) is 7.84. The summed E-state index contributed by atoms with van der Waals surface area (Å²) >= 11 is 0. The number of carbonyl (C=O) groups is 1. The summed E-state index contributed by atoms with van der Waals surface area (Å²) in [6.07, 6.45) is 10.2. The Morgan fingerprint density at radius 3 is 2.74 bits per heavy atom. The Labute approximate surface area is 205 Å². The van der Waals surface area contributed by atoms with Crippen molar-refractivity contribution in [2.75, 3.05) is 30.5 Å². The van der Waals surface area contributed by atoms with Gasteiger partial charge in [0.15, 0.2) is 11.4 Å². The number of hydrogen-bond donors (Lipinski definition) is 1. The van der Waals surface area contributed by atoms with Gasteiger partial charge in [-0.15, -0.1) is 0 Å². The molecule has 3 aromatic rings. The molecule has 188 valence electrons. The van der Waals surface area contributed by atoms with E-state index in [0.717, 1.165) is 31.4 Å². The van der Waals surface area contributed by atoms with Gasteiger partial charge in [0.2, 0.25) is 5.95 Å². The first-order valence-electron chi connectivity index (χ1n) is 11.9. The van der Waals surface area contributed by atoms with Gasteiger partial charge < -0.3 is 14.8 Å². The van der Waals surface area contributed by atoms with Gasteiger partial charge in [0.05, 0.1) is 42.5 Å². The number of nitrogens with zero attached hydrogens (tertiary/aromatic N) is 4. The Hall–Kier alpha value is -3.21. The van der Waals surface area contributed by atoms with Crippen LogP contribution in [0.4, 0.5) is 5.95 Å².